The zero-order valence-electron chi connectivity index (χ0n) is 7.19. The van der Waals surface area contributed by atoms with Crippen LogP contribution in [0.4, 0.5) is 11.4 Å². The number of hydrogen-bond acceptors (Lipinski definition) is 4. The number of carbonyl (C=O) groups excluding carboxylic acids is 1. The van der Waals surface area contributed by atoms with Gasteiger partial charge in [-0.05, 0) is 11.6 Å². The number of para-hydroxylation sites is 1. The van der Waals surface area contributed by atoms with Crippen LogP contribution in [0.2, 0.25) is 0 Å². The van der Waals surface area contributed by atoms with Crippen molar-refractivity contribution in [2.75, 3.05) is 18.1 Å². The highest BCUT2D eigenvalue weighted by atomic mass is 16.5. The molecule has 0 radical (unpaired) electrons. The summed E-state index contributed by atoms with van der Waals surface area (Å²) < 4.78 is 4.56. The minimum absolute atomic E-state index is 0.331. The van der Waals surface area contributed by atoms with Gasteiger partial charge in [-0.3, -0.25) is 4.79 Å². The molecule has 4 nitrogen and oxygen atoms in total. The molecule has 0 aromatic heterocycles. The highest BCUT2D eigenvalue weighted by Crippen LogP contribution is 2.19. The third kappa shape index (κ3) is 2.37. The molecule has 13 heavy (non-hydrogen) atoms. The smallest absolute Gasteiger partial charge is 0.293 e. The number of ether oxygens (including phenoxy) is 1. The second-order valence-corrected chi connectivity index (χ2v) is 2.64. The number of carbonyl (C=O) groups is 1. The molecule has 0 unspecified atom stereocenters. The van der Waals surface area contributed by atoms with Gasteiger partial charge in [-0.2, -0.15) is 0 Å². The van der Waals surface area contributed by atoms with Gasteiger partial charge in [0, 0.05) is 6.42 Å². The van der Waals surface area contributed by atoms with E-state index in [0.29, 0.717) is 30.9 Å². The molecular weight excluding hydrogens is 168 g/mol. The van der Waals surface area contributed by atoms with Gasteiger partial charge in [0.15, 0.2) is 0 Å². The standard InChI is InChI=1S/C9H12N2O2/c10-8-3-1-2-7(9(8)11)4-5-13-6-12/h1-3,6H,4-5,10-11H2. The van der Waals surface area contributed by atoms with Gasteiger partial charge in [0.2, 0.25) is 0 Å². The van der Waals surface area contributed by atoms with Crippen molar-refractivity contribution in [3.05, 3.63) is 23.8 Å². The highest BCUT2D eigenvalue weighted by Gasteiger charge is 2.01. The van der Waals surface area contributed by atoms with Gasteiger partial charge >= 0.3 is 0 Å². The van der Waals surface area contributed by atoms with Crippen molar-refractivity contribution in [2.24, 2.45) is 0 Å². The normalized spacial score (nSPS) is 9.54. The quantitative estimate of drug-likeness (QED) is 0.403. The zero-order chi connectivity index (χ0) is 9.68. The maximum absolute atomic E-state index is 9.87. The minimum atomic E-state index is 0.331. The minimum Gasteiger partial charge on any atom is -0.468 e. The predicted molar refractivity (Wildman–Crippen MR) is 51.0 cm³/mol. The second kappa shape index (κ2) is 4.35. The summed E-state index contributed by atoms with van der Waals surface area (Å²) >= 11 is 0. The van der Waals surface area contributed by atoms with Crippen LogP contribution in [-0.2, 0) is 16.0 Å². The summed E-state index contributed by atoms with van der Waals surface area (Å²) in [5.41, 5.74) is 13.3. The molecule has 1 aromatic carbocycles. The van der Waals surface area contributed by atoms with Gasteiger partial charge < -0.3 is 16.2 Å². The van der Waals surface area contributed by atoms with E-state index in [2.05, 4.69) is 4.74 Å². The van der Waals surface area contributed by atoms with Crippen molar-refractivity contribution in [1.82, 2.24) is 0 Å². The van der Waals surface area contributed by atoms with Crippen LogP contribution in [0.1, 0.15) is 5.56 Å². The van der Waals surface area contributed by atoms with Crippen molar-refractivity contribution >= 4 is 17.8 Å². The van der Waals surface area contributed by atoms with Gasteiger partial charge in [-0.15, -0.1) is 0 Å². The molecule has 70 valence electrons. The van der Waals surface area contributed by atoms with Crippen molar-refractivity contribution in [2.45, 2.75) is 6.42 Å². The number of nitrogen functional groups attached to an aromatic ring is 2. The van der Waals surface area contributed by atoms with Crippen LogP contribution in [0.15, 0.2) is 18.2 Å². The second-order valence-electron chi connectivity index (χ2n) is 2.64. The predicted octanol–water partition coefficient (Wildman–Crippen LogP) is 0.566. The van der Waals surface area contributed by atoms with Crippen LogP contribution in [0.25, 0.3) is 0 Å². The number of anilines is 2. The third-order valence-corrected chi connectivity index (χ3v) is 1.79. The number of rotatable bonds is 4. The molecule has 1 rings (SSSR count). The van der Waals surface area contributed by atoms with E-state index in [1.54, 1.807) is 6.07 Å². The van der Waals surface area contributed by atoms with Crippen molar-refractivity contribution in [3.63, 3.8) is 0 Å². The van der Waals surface area contributed by atoms with Gasteiger partial charge in [0.25, 0.3) is 6.47 Å². The van der Waals surface area contributed by atoms with E-state index in [9.17, 15) is 4.79 Å². The largest absolute Gasteiger partial charge is 0.468 e. The van der Waals surface area contributed by atoms with Crippen LogP contribution >= 0.6 is 0 Å². The summed E-state index contributed by atoms with van der Waals surface area (Å²) in [4.78, 5) is 9.87. The Balaban J connectivity index is 2.65. The van der Waals surface area contributed by atoms with Crippen LogP contribution in [-0.4, -0.2) is 13.1 Å². The fourth-order valence-electron chi connectivity index (χ4n) is 1.07. The van der Waals surface area contributed by atoms with E-state index in [-0.39, 0.29) is 0 Å². The molecule has 0 spiro atoms. The van der Waals surface area contributed by atoms with E-state index >= 15 is 0 Å². The van der Waals surface area contributed by atoms with E-state index in [4.69, 9.17) is 11.5 Å². The first kappa shape index (κ1) is 9.38. The van der Waals surface area contributed by atoms with Crippen molar-refractivity contribution < 1.29 is 9.53 Å². The zero-order valence-corrected chi connectivity index (χ0v) is 7.19. The van der Waals surface area contributed by atoms with Gasteiger partial charge in [-0.1, -0.05) is 12.1 Å². The fourth-order valence-corrected chi connectivity index (χ4v) is 1.07. The van der Waals surface area contributed by atoms with Crippen molar-refractivity contribution in [1.29, 1.82) is 0 Å². The van der Waals surface area contributed by atoms with Crippen molar-refractivity contribution in [3.8, 4) is 0 Å². The lowest BCUT2D eigenvalue weighted by atomic mass is 10.1. The lowest BCUT2D eigenvalue weighted by Crippen LogP contribution is -2.03. The Labute approximate surface area is 76.5 Å². The first-order valence-corrected chi connectivity index (χ1v) is 3.94. The highest BCUT2D eigenvalue weighted by molar-refractivity contribution is 5.67. The molecule has 0 aliphatic heterocycles. The molecule has 0 saturated heterocycles. The van der Waals surface area contributed by atoms with E-state index in [0.717, 1.165) is 5.56 Å². The maximum atomic E-state index is 9.87. The molecule has 4 heteroatoms. The van der Waals surface area contributed by atoms with E-state index < -0.39 is 0 Å². The Morgan fingerprint density at radius 2 is 2.15 bits per heavy atom. The van der Waals surface area contributed by atoms with E-state index in [1.165, 1.54) is 0 Å². The first-order chi connectivity index (χ1) is 6.25. The molecule has 0 saturated carbocycles. The lowest BCUT2D eigenvalue weighted by molar-refractivity contribution is -0.128. The molecule has 0 atom stereocenters. The molecule has 4 N–H and O–H groups in total. The van der Waals surface area contributed by atoms with Gasteiger partial charge in [-0.25, -0.2) is 0 Å². The number of nitrogens with two attached hydrogens (primary N) is 2. The molecule has 0 amide bonds. The average molecular weight is 180 g/mol. The van der Waals surface area contributed by atoms with E-state index in [1.807, 2.05) is 12.1 Å². The van der Waals surface area contributed by atoms with Crippen LogP contribution in [0, 0.1) is 0 Å². The molecule has 0 heterocycles. The topological polar surface area (TPSA) is 78.3 Å². The summed E-state index contributed by atoms with van der Waals surface area (Å²) in [5.74, 6) is 0. The third-order valence-electron chi connectivity index (χ3n) is 1.79. The molecular formula is C9H12N2O2. The Hall–Kier alpha value is -1.71. The summed E-state index contributed by atoms with van der Waals surface area (Å²) in [6.45, 7) is 0.750. The van der Waals surface area contributed by atoms with Crippen LogP contribution < -0.4 is 11.5 Å². The molecule has 0 fully saturated rings. The SMILES string of the molecule is Nc1cccc(CCOC=O)c1N. The number of benzene rings is 1. The Kier molecular flexibility index (Phi) is 3.14. The summed E-state index contributed by atoms with van der Waals surface area (Å²) in [5, 5.41) is 0. The number of hydrogen-bond donors (Lipinski definition) is 2. The Bertz CT molecular complexity index is 300. The van der Waals surface area contributed by atoms with Crippen LogP contribution in [0.5, 0.6) is 0 Å². The molecule has 0 bridgehead atoms. The monoisotopic (exact) mass is 180 g/mol. The molecule has 0 aliphatic rings. The summed E-state index contributed by atoms with van der Waals surface area (Å²) in [7, 11) is 0. The molecule has 0 aliphatic carbocycles. The summed E-state index contributed by atoms with van der Waals surface area (Å²) in [6, 6.07) is 5.42. The average Bonchev–Trinajstić information content (AvgIpc) is 2.13. The van der Waals surface area contributed by atoms with Gasteiger partial charge in [0.1, 0.15) is 0 Å². The maximum Gasteiger partial charge on any atom is 0.293 e. The first-order valence-electron chi connectivity index (χ1n) is 3.94. The Morgan fingerprint density at radius 1 is 1.38 bits per heavy atom. The van der Waals surface area contributed by atoms with Crippen LogP contribution in [0.3, 0.4) is 0 Å². The fraction of sp³-hybridized carbons (Fsp3) is 0.222. The summed E-state index contributed by atoms with van der Waals surface area (Å²) in [6.07, 6.45) is 0.593. The van der Waals surface area contributed by atoms with Gasteiger partial charge in [0.05, 0.1) is 18.0 Å². The molecule has 1 aromatic rings. The lowest BCUT2D eigenvalue weighted by Gasteiger charge is -2.06. The Morgan fingerprint density at radius 3 is 2.85 bits per heavy atom.